The maximum absolute atomic E-state index is 12.5. The third-order valence-electron chi connectivity index (χ3n) is 3.94. The number of hydrogen-bond acceptors (Lipinski definition) is 6. The second-order valence-electron chi connectivity index (χ2n) is 5.19. The zero-order valence-corrected chi connectivity index (χ0v) is 13.7. The second-order valence-corrected chi connectivity index (χ2v) is 5.19. The monoisotopic (exact) mass is 323 g/mol. The number of anilines is 1. The molecule has 126 valence electrons. The lowest BCUT2D eigenvalue weighted by molar-refractivity contribution is -0.148. The highest BCUT2D eigenvalue weighted by molar-refractivity contribution is 6.00. The fourth-order valence-electron chi connectivity index (χ4n) is 2.82. The van der Waals surface area contributed by atoms with Gasteiger partial charge in [0.15, 0.2) is 11.5 Å². The number of benzene rings is 1. The minimum atomic E-state index is -1.18. The van der Waals surface area contributed by atoms with Gasteiger partial charge >= 0.3 is 5.97 Å². The molecule has 1 aromatic carbocycles. The summed E-state index contributed by atoms with van der Waals surface area (Å²) in [6.45, 7) is 1.91. The van der Waals surface area contributed by atoms with Gasteiger partial charge in [0.2, 0.25) is 5.91 Å². The number of esters is 1. The summed E-state index contributed by atoms with van der Waals surface area (Å²) in [7, 11) is 4.54. The number of aliphatic hydroxyl groups is 1. The molecule has 1 N–H and O–H groups in total. The third kappa shape index (κ3) is 2.96. The van der Waals surface area contributed by atoms with E-state index >= 15 is 0 Å². The summed E-state index contributed by atoms with van der Waals surface area (Å²) in [5.74, 6) is -0.991. The molecule has 0 spiro atoms. The van der Waals surface area contributed by atoms with Gasteiger partial charge in [-0.2, -0.15) is 0 Å². The van der Waals surface area contributed by atoms with Gasteiger partial charge in [-0.15, -0.1) is 0 Å². The second kappa shape index (κ2) is 6.87. The molecule has 2 rings (SSSR count). The molecule has 0 saturated carbocycles. The fourth-order valence-corrected chi connectivity index (χ4v) is 2.82. The molecule has 0 bridgehead atoms. The molecule has 1 amide bonds. The quantitative estimate of drug-likeness (QED) is 0.822. The van der Waals surface area contributed by atoms with Crippen LogP contribution in [0.2, 0.25) is 0 Å². The molecule has 23 heavy (non-hydrogen) atoms. The van der Waals surface area contributed by atoms with E-state index in [1.165, 1.54) is 19.1 Å². The molecule has 1 aliphatic heterocycles. The van der Waals surface area contributed by atoms with Gasteiger partial charge in [-0.05, 0) is 19.1 Å². The first-order chi connectivity index (χ1) is 11.0. The Morgan fingerprint density at radius 1 is 1.30 bits per heavy atom. The number of ether oxygens (including phenoxy) is 3. The van der Waals surface area contributed by atoms with Crippen LogP contribution < -0.4 is 14.4 Å². The summed E-state index contributed by atoms with van der Waals surface area (Å²) >= 11 is 0. The van der Waals surface area contributed by atoms with Crippen LogP contribution in [0.5, 0.6) is 11.5 Å². The Hall–Kier alpha value is -2.28. The standard InChI is InChI=1S/C16H21NO6/c1-5-23-12(18)8-9-14(19)13-10(17(2)16(9)20)6-7-11(21-3)15(13)22-4/h6-7,9,14,19H,5,8H2,1-4H3. The first-order valence-corrected chi connectivity index (χ1v) is 7.32. The van der Waals surface area contributed by atoms with Crippen molar-refractivity contribution in [3.05, 3.63) is 17.7 Å². The topological polar surface area (TPSA) is 85.3 Å². The van der Waals surface area contributed by atoms with Crippen molar-refractivity contribution in [2.24, 2.45) is 5.92 Å². The highest BCUT2D eigenvalue weighted by Gasteiger charge is 2.42. The van der Waals surface area contributed by atoms with E-state index in [9.17, 15) is 14.7 Å². The van der Waals surface area contributed by atoms with E-state index in [-0.39, 0.29) is 18.9 Å². The van der Waals surface area contributed by atoms with E-state index in [1.54, 1.807) is 26.1 Å². The van der Waals surface area contributed by atoms with Crippen molar-refractivity contribution in [1.29, 1.82) is 0 Å². The predicted octanol–water partition coefficient (Wildman–Crippen LogP) is 1.28. The van der Waals surface area contributed by atoms with Crippen LogP contribution in [-0.2, 0) is 14.3 Å². The Morgan fingerprint density at radius 2 is 2.00 bits per heavy atom. The number of methoxy groups -OCH3 is 2. The maximum Gasteiger partial charge on any atom is 0.306 e. The lowest BCUT2D eigenvalue weighted by Gasteiger charge is -2.36. The van der Waals surface area contributed by atoms with Crippen molar-refractivity contribution in [3.63, 3.8) is 0 Å². The number of nitrogens with zero attached hydrogens (tertiary/aromatic N) is 1. The lowest BCUT2D eigenvalue weighted by Crippen LogP contribution is -2.42. The molecule has 7 nitrogen and oxygen atoms in total. The Balaban J connectivity index is 2.48. The third-order valence-corrected chi connectivity index (χ3v) is 3.94. The molecule has 0 fully saturated rings. The highest BCUT2D eigenvalue weighted by atomic mass is 16.5. The van der Waals surface area contributed by atoms with Crippen molar-refractivity contribution in [2.45, 2.75) is 19.4 Å². The van der Waals surface area contributed by atoms with E-state index < -0.39 is 18.0 Å². The summed E-state index contributed by atoms with van der Waals surface area (Å²) in [5.41, 5.74) is 0.962. The molecule has 1 heterocycles. The number of carbonyl (C=O) groups is 2. The molecule has 0 saturated heterocycles. The largest absolute Gasteiger partial charge is 0.493 e. The van der Waals surface area contributed by atoms with E-state index in [0.29, 0.717) is 22.7 Å². The molecular formula is C16H21NO6. The van der Waals surface area contributed by atoms with Gasteiger partial charge in [0.05, 0.1) is 50.5 Å². The molecule has 1 aromatic rings. The Morgan fingerprint density at radius 3 is 2.57 bits per heavy atom. The number of hydrogen-bond donors (Lipinski definition) is 1. The molecule has 0 aromatic heterocycles. The zero-order chi connectivity index (χ0) is 17.1. The van der Waals surface area contributed by atoms with E-state index in [2.05, 4.69) is 0 Å². The number of fused-ring (bicyclic) bond motifs is 1. The Labute approximate surface area is 134 Å². The van der Waals surface area contributed by atoms with Crippen molar-refractivity contribution in [1.82, 2.24) is 0 Å². The van der Waals surface area contributed by atoms with Crippen molar-refractivity contribution in [3.8, 4) is 11.5 Å². The average Bonchev–Trinajstić information content (AvgIpc) is 2.55. The van der Waals surface area contributed by atoms with Crippen LogP contribution in [0.3, 0.4) is 0 Å². The maximum atomic E-state index is 12.5. The fraction of sp³-hybridized carbons (Fsp3) is 0.500. The van der Waals surface area contributed by atoms with Crippen LogP contribution in [0.25, 0.3) is 0 Å². The summed E-state index contributed by atoms with van der Waals surface area (Å²) in [5, 5.41) is 10.7. The molecule has 2 unspecified atom stereocenters. The van der Waals surface area contributed by atoms with Gasteiger partial charge in [-0.25, -0.2) is 0 Å². The molecular weight excluding hydrogens is 302 g/mol. The highest BCUT2D eigenvalue weighted by Crippen LogP contribution is 2.47. The van der Waals surface area contributed by atoms with Crippen molar-refractivity contribution < 1.29 is 28.9 Å². The van der Waals surface area contributed by atoms with Gasteiger partial charge in [0.25, 0.3) is 0 Å². The number of rotatable bonds is 5. The minimum absolute atomic E-state index is 0.196. The molecule has 7 heteroatoms. The molecule has 0 aliphatic carbocycles. The molecule has 0 radical (unpaired) electrons. The summed E-state index contributed by atoms with van der Waals surface area (Å²) < 4.78 is 15.5. The van der Waals surface area contributed by atoms with Gasteiger partial charge in [-0.3, -0.25) is 9.59 Å². The van der Waals surface area contributed by atoms with Gasteiger partial charge in [0.1, 0.15) is 0 Å². The summed E-state index contributed by atoms with van der Waals surface area (Å²) in [4.78, 5) is 25.6. The molecule has 1 aliphatic rings. The van der Waals surface area contributed by atoms with Gasteiger partial charge < -0.3 is 24.2 Å². The number of aliphatic hydroxyl groups excluding tert-OH is 1. The SMILES string of the molecule is CCOC(=O)CC1C(=O)N(C)c2ccc(OC)c(OC)c2C1O. The van der Waals surface area contributed by atoms with E-state index in [0.717, 1.165) is 0 Å². The summed E-state index contributed by atoms with van der Waals surface area (Å²) in [6, 6.07) is 3.35. The normalized spacial score (nSPS) is 20.0. The van der Waals surface area contributed by atoms with E-state index in [4.69, 9.17) is 14.2 Å². The number of carbonyl (C=O) groups excluding carboxylic acids is 2. The molecule has 2 atom stereocenters. The first kappa shape index (κ1) is 17.1. The Kier molecular flexibility index (Phi) is 5.10. The number of amides is 1. The average molecular weight is 323 g/mol. The van der Waals surface area contributed by atoms with Crippen LogP contribution in [0, 0.1) is 5.92 Å². The summed E-state index contributed by atoms with van der Waals surface area (Å²) in [6.07, 6.45) is -1.37. The van der Waals surface area contributed by atoms with Gasteiger partial charge in [-0.1, -0.05) is 0 Å². The zero-order valence-electron chi connectivity index (χ0n) is 13.7. The van der Waals surface area contributed by atoms with Crippen LogP contribution in [0.15, 0.2) is 12.1 Å². The first-order valence-electron chi connectivity index (χ1n) is 7.32. The van der Waals surface area contributed by atoms with E-state index in [1.807, 2.05) is 0 Å². The van der Waals surface area contributed by atoms with Crippen LogP contribution in [-0.4, -0.2) is 44.9 Å². The van der Waals surface area contributed by atoms with Crippen molar-refractivity contribution in [2.75, 3.05) is 32.8 Å². The minimum Gasteiger partial charge on any atom is -0.493 e. The van der Waals surface area contributed by atoms with Crippen molar-refractivity contribution >= 4 is 17.6 Å². The van der Waals surface area contributed by atoms with Crippen LogP contribution in [0.1, 0.15) is 25.0 Å². The Bertz CT molecular complexity index is 615. The predicted molar refractivity (Wildman–Crippen MR) is 82.7 cm³/mol. The lowest BCUT2D eigenvalue weighted by atomic mass is 9.86. The van der Waals surface area contributed by atoms with Crippen LogP contribution in [0.4, 0.5) is 5.69 Å². The smallest absolute Gasteiger partial charge is 0.306 e. The van der Waals surface area contributed by atoms with Gasteiger partial charge in [0, 0.05) is 7.05 Å². The van der Waals surface area contributed by atoms with Crippen LogP contribution >= 0.6 is 0 Å².